The molecule has 0 aliphatic heterocycles. The number of aromatic nitrogens is 3. The number of ether oxygens (including phenoxy) is 3. The van der Waals surface area contributed by atoms with Crippen LogP contribution in [0.1, 0.15) is 22.3 Å². The van der Waals surface area contributed by atoms with Gasteiger partial charge in [0.2, 0.25) is 11.8 Å². The van der Waals surface area contributed by atoms with E-state index in [1.54, 1.807) is 35.0 Å². The van der Waals surface area contributed by atoms with E-state index in [2.05, 4.69) is 26.3 Å². The number of hydrogen-bond donors (Lipinski definition) is 6. The number of para-hydroxylation sites is 1. The van der Waals surface area contributed by atoms with E-state index >= 15 is 0 Å². The number of phenols is 1. The Labute approximate surface area is 296 Å². The largest absolute Gasteiger partial charge is 0.508 e. The number of rotatable bonds is 22. The molecule has 4 rings (SSSR count). The maximum atomic E-state index is 12.9. The van der Waals surface area contributed by atoms with Crippen molar-refractivity contribution in [3.8, 4) is 17.0 Å². The molecule has 0 saturated carbocycles. The average molecular weight is 703 g/mol. The highest BCUT2D eigenvalue weighted by Crippen LogP contribution is 2.19. The van der Waals surface area contributed by atoms with Crippen molar-refractivity contribution < 1.29 is 33.7 Å². The van der Waals surface area contributed by atoms with Crippen LogP contribution in [0.15, 0.2) is 85.1 Å². The molecule has 0 aliphatic rings. The van der Waals surface area contributed by atoms with Gasteiger partial charge in [0.1, 0.15) is 11.4 Å². The van der Waals surface area contributed by atoms with Crippen LogP contribution in [0.4, 0.5) is 5.69 Å². The van der Waals surface area contributed by atoms with Crippen molar-refractivity contribution in [2.45, 2.75) is 31.5 Å². The summed E-state index contributed by atoms with van der Waals surface area (Å²) in [6.45, 7) is 3.32. The van der Waals surface area contributed by atoms with Gasteiger partial charge in [-0.05, 0) is 42.7 Å². The second-order valence-corrected chi connectivity index (χ2v) is 11.5. The number of nitrogens with two attached hydrogens (primary N) is 2. The van der Waals surface area contributed by atoms with E-state index in [1.807, 2.05) is 42.6 Å². The van der Waals surface area contributed by atoms with Gasteiger partial charge in [-0.25, -0.2) is 4.68 Å². The number of aromatic hydroxyl groups is 1. The lowest BCUT2D eigenvalue weighted by Gasteiger charge is -2.16. The van der Waals surface area contributed by atoms with Crippen LogP contribution >= 0.6 is 0 Å². The average Bonchev–Trinajstić information content (AvgIpc) is 3.62. The van der Waals surface area contributed by atoms with E-state index in [-0.39, 0.29) is 49.8 Å². The van der Waals surface area contributed by atoms with Crippen LogP contribution < -0.4 is 27.4 Å². The van der Waals surface area contributed by atoms with E-state index in [0.717, 1.165) is 11.3 Å². The maximum absolute atomic E-state index is 12.9. The fourth-order valence-corrected chi connectivity index (χ4v) is 4.83. The van der Waals surface area contributed by atoms with Crippen LogP contribution in [0.25, 0.3) is 11.3 Å². The molecule has 8 N–H and O–H groups in total. The van der Waals surface area contributed by atoms with Gasteiger partial charge in [0.15, 0.2) is 0 Å². The Balaban J connectivity index is 1.01. The molecule has 3 aromatic carbocycles. The van der Waals surface area contributed by atoms with Crippen LogP contribution in [-0.4, -0.2) is 103 Å². The number of hydrogen-bond acceptors (Lipinski definition) is 11. The summed E-state index contributed by atoms with van der Waals surface area (Å²) in [5.74, 6) is -1.39. The quantitative estimate of drug-likeness (QED) is 0.0645. The van der Waals surface area contributed by atoms with Crippen LogP contribution in [0.2, 0.25) is 0 Å². The highest BCUT2D eigenvalue weighted by atomic mass is 16.5. The molecule has 15 nitrogen and oxygen atoms in total. The molecule has 0 fully saturated rings. The van der Waals surface area contributed by atoms with Crippen molar-refractivity contribution >= 4 is 23.4 Å². The van der Waals surface area contributed by atoms with E-state index < -0.39 is 23.9 Å². The molecule has 51 heavy (non-hydrogen) atoms. The van der Waals surface area contributed by atoms with Gasteiger partial charge in [0, 0.05) is 29.9 Å². The Bertz CT molecular complexity index is 1660. The molecule has 3 amide bonds. The molecule has 0 bridgehead atoms. The molecule has 0 saturated heterocycles. The number of benzene rings is 3. The molecule has 4 aromatic rings. The zero-order valence-electron chi connectivity index (χ0n) is 28.4. The first-order valence-electron chi connectivity index (χ1n) is 16.7. The number of amides is 3. The minimum absolute atomic E-state index is 0.0642. The van der Waals surface area contributed by atoms with Gasteiger partial charge >= 0.3 is 0 Å². The SMILES string of the molecule is N[C@@H](CCNC(=O)c1cc(O)ccc1C[C@H](N)C(=O)Nc1ccccc1)C(=O)NCCOCCOCCOCCn1cc(-c2ccccc2)nn1. The third-order valence-corrected chi connectivity index (χ3v) is 7.60. The molecule has 15 heteroatoms. The normalized spacial score (nSPS) is 12.2. The van der Waals surface area contributed by atoms with E-state index in [1.165, 1.54) is 12.1 Å². The summed E-state index contributed by atoms with van der Waals surface area (Å²) in [4.78, 5) is 37.9. The lowest BCUT2D eigenvalue weighted by molar-refractivity contribution is -0.122. The molecular weight excluding hydrogens is 656 g/mol. The summed E-state index contributed by atoms with van der Waals surface area (Å²) >= 11 is 0. The summed E-state index contributed by atoms with van der Waals surface area (Å²) in [6.07, 6.45) is 2.12. The molecule has 2 atom stereocenters. The summed E-state index contributed by atoms with van der Waals surface area (Å²) in [6, 6.07) is 21.2. The molecule has 0 spiro atoms. The van der Waals surface area contributed by atoms with Crippen molar-refractivity contribution in [3.63, 3.8) is 0 Å². The molecule has 1 heterocycles. The van der Waals surface area contributed by atoms with E-state index in [4.69, 9.17) is 25.7 Å². The number of carbonyl (C=O) groups is 3. The van der Waals surface area contributed by atoms with Crippen molar-refractivity contribution in [1.29, 1.82) is 0 Å². The topological polar surface area (TPSA) is 218 Å². The van der Waals surface area contributed by atoms with E-state index in [0.29, 0.717) is 50.8 Å². The second-order valence-electron chi connectivity index (χ2n) is 11.5. The molecule has 0 aliphatic carbocycles. The number of carbonyl (C=O) groups excluding carboxylic acids is 3. The predicted molar refractivity (Wildman–Crippen MR) is 191 cm³/mol. The monoisotopic (exact) mass is 702 g/mol. The molecule has 1 aromatic heterocycles. The number of nitrogens with one attached hydrogen (secondary N) is 3. The van der Waals surface area contributed by atoms with Crippen LogP contribution in [-0.2, 0) is 36.8 Å². The van der Waals surface area contributed by atoms with Crippen LogP contribution in [0, 0.1) is 0 Å². The third-order valence-electron chi connectivity index (χ3n) is 7.60. The maximum Gasteiger partial charge on any atom is 0.251 e. The number of nitrogens with zero attached hydrogens (tertiary/aromatic N) is 3. The van der Waals surface area contributed by atoms with Crippen molar-refractivity contribution in [1.82, 2.24) is 25.6 Å². The predicted octanol–water partition coefficient (Wildman–Crippen LogP) is 1.47. The standard InChI is InChI=1S/C36H46N8O7/c37-31(13-14-39-34(46)30-24-29(45)12-11-27(30)23-32(38)36(48)41-28-9-5-2-6-10-28)35(47)40-15-17-49-19-21-51-22-20-50-18-16-44-25-33(42-43-44)26-7-3-1-4-8-26/h1-12,24-25,31-32,45H,13-23,37-38H2,(H,39,46)(H,40,47)(H,41,48)/t31-,32-/m0/s1. The Morgan fingerprint density at radius 3 is 2.16 bits per heavy atom. The first-order valence-corrected chi connectivity index (χ1v) is 16.7. The zero-order valence-corrected chi connectivity index (χ0v) is 28.4. The minimum atomic E-state index is -0.938. The van der Waals surface area contributed by atoms with Crippen molar-refractivity contribution in [2.24, 2.45) is 11.5 Å². The summed E-state index contributed by atoms with van der Waals surface area (Å²) in [5.41, 5.74) is 15.2. The van der Waals surface area contributed by atoms with Gasteiger partial charge in [0.05, 0.1) is 64.5 Å². The van der Waals surface area contributed by atoms with Gasteiger partial charge in [-0.15, -0.1) is 5.10 Å². The lowest BCUT2D eigenvalue weighted by atomic mass is 9.99. The van der Waals surface area contributed by atoms with Gasteiger partial charge in [-0.1, -0.05) is 59.8 Å². The Morgan fingerprint density at radius 1 is 0.765 bits per heavy atom. The summed E-state index contributed by atoms with van der Waals surface area (Å²) in [7, 11) is 0. The van der Waals surface area contributed by atoms with Crippen LogP contribution in [0.3, 0.4) is 0 Å². The Hall–Kier alpha value is -5.19. The van der Waals surface area contributed by atoms with Gasteiger partial charge < -0.3 is 46.7 Å². The van der Waals surface area contributed by atoms with Gasteiger partial charge in [0.25, 0.3) is 5.91 Å². The fourth-order valence-electron chi connectivity index (χ4n) is 4.83. The first-order chi connectivity index (χ1) is 24.8. The molecule has 272 valence electrons. The number of anilines is 1. The smallest absolute Gasteiger partial charge is 0.251 e. The highest BCUT2D eigenvalue weighted by Gasteiger charge is 2.20. The second kappa shape index (κ2) is 21.1. The number of phenolic OH excluding ortho intramolecular Hbond substituents is 1. The van der Waals surface area contributed by atoms with E-state index in [9.17, 15) is 19.5 Å². The zero-order chi connectivity index (χ0) is 36.3. The Morgan fingerprint density at radius 2 is 1.43 bits per heavy atom. The highest BCUT2D eigenvalue weighted by molar-refractivity contribution is 5.97. The van der Waals surface area contributed by atoms with Crippen molar-refractivity contribution in [3.05, 3.63) is 96.2 Å². The summed E-state index contributed by atoms with van der Waals surface area (Å²) < 4.78 is 18.3. The Kier molecular flexibility index (Phi) is 16.0. The van der Waals surface area contributed by atoms with Gasteiger partial charge in [-0.2, -0.15) is 0 Å². The molecular formula is C36H46N8O7. The van der Waals surface area contributed by atoms with Crippen LogP contribution in [0.5, 0.6) is 5.75 Å². The lowest BCUT2D eigenvalue weighted by Crippen LogP contribution is -2.43. The minimum Gasteiger partial charge on any atom is -0.508 e. The first kappa shape index (κ1) is 38.6. The fraction of sp³-hybridized carbons (Fsp3) is 0.361. The van der Waals surface area contributed by atoms with Crippen molar-refractivity contribution in [2.75, 3.05) is 58.0 Å². The summed E-state index contributed by atoms with van der Waals surface area (Å²) in [5, 5.41) is 26.4. The van der Waals surface area contributed by atoms with Gasteiger partial charge in [-0.3, -0.25) is 14.4 Å². The molecule has 0 radical (unpaired) electrons. The third kappa shape index (κ3) is 13.6. The molecule has 0 unspecified atom stereocenters.